The smallest absolute Gasteiger partial charge is 0.407 e. The number of hydrogen-bond donors (Lipinski definition) is 3. The first-order valence-corrected chi connectivity index (χ1v) is 12.7. The number of nitrogens with two attached hydrogens (primary N) is 1. The molecule has 0 spiro atoms. The monoisotopic (exact) mass is 554 g/mol. The number of likely N-dealkylation sites (N-methyl/N-ethyl adjacent to an activating group) is 1. The van der Waals surface area contributed by atoms with Crippen molar-refractivity contribution in [3.63, 3.8) is 0 Å². The summed E-state index contributed by atoms with van der Waals surface area (Å²) in [5.74, 6) is 0.330. The van der Waals surface area contributed by atoms with Gasteiger partial charge in [-0.2, -0.15) is 0 Å². The number of rotatable bonds is 7. The first-order valence-electron chi connectivity index (χ1n) is 12.7. The first kappa shape index (κ1) is 25.7. The van der Waals surface area contributed by atoms with Crippen LogP contribution in [0.15, 0.2) is 59.6 Å². The van der Waals surface area contributed by atoms with Crippen LogP contribution in [-0.4, -0.2) is 77.5 Å². The van der Waals surface area contributed by atoms with Gasteiger partial charge >= 0.3 is 6.09 Å². The van der Waals surface area contributed by atoms with E-state index in [-0.39, 0.29) is 30.0 Å². The molecule has 208 valence electrons. The van der Waals surface area contributed by atoms with Crippen LogP contribution in [-0.2, 0) is 6.54 Å². The van der Waals surface area contributed by atoms with E-state index in [2.05, 4.69) is 30.2 Å². The van der Waals surface area contributed by atoms with Crippen LogP contribution in [0.2, 0.25) is 0 Å². The van der Waals surface area contributed by atoms with Crippen molar-refractivity contribution in [2.45, 2.75) is 19.5 Å². The van der Waals surface area contributed by atoms with E-state index in [4.69, 9.17) is 15.3 Å². The maximum absolute atomic E-state index is 13.3. The molecule has 0 aromatic carbocycles. The fourth-order valence-corrected chi connectivity index (χ4v) is 4.59. The highest BCUT2D eigenvalue weighted by Crippen LogP contribution is 2.30. The minimum atomic E-state index is -0.963. The van der Waals surface area contributed by atoms with Gasteiger partial charge in [0.1, 0.15) is 23.4 Å². The standard InChI is InChI=1S/C27H26N10O4/c1-15-10-30-19-7-6-16(12-37(15)19)21-22(26-29-8-9-41-26)34-24(28)23(33-21)25(38)31-11-17-4-3-5-20(32-17)36-13-18(14-36)35(2)27(39)40/h3-10,12,18H,11,13-14H2,1-2H3,(H2,28,34)(H,31,38)(H,39,40). The SMILES string of the molecule is Cc1cnc2ccc(-c3nc(C(=O)NCc4cccc(N5CC(N(C)C(=O)O)C5)n4)c(N)nc3-c3ncco3)cn12. The van der Waals surface area contributed by atoms with Crippen LogP contribution >= 0.6 is 0 Å². The molecule has 0 saturated carbocycles. The third kappa shape index (κ3) is 4.86. The number of pyridine rings is 2. The number of carboxylic acid groups (broad SMARTS) is 1. The molecular weight excluding hydrogens is 528 g/mol. The lowest BCUT2D eigenvalue weighted by atomic mass is 10.1. The van der Waals surface area contributed by atoms with Crippen LogP contribution in [0.4, 0.5) is 16.4 Å². The number of aryl methyl sites for hydroxylation is 1. The predicted molar refractivity (Wildman–Crippen MR) is 148 cm³/mol. The number of nitrogens with zero attached hydrogens (tertiary/aromatic N) is 8. The first-order chi connectivity index (χ1) is 19.8. The number of carbonyl (C=O) groups excluding carboxylic acids is 1. The number of imidazole rings is 1. The molecule has 6 rings (SSSR count). The lowest BCUT2D eigenvalue weighted by molar-refractivity contribution is 0.0946. The number of anilines is 2. The number of nitrogen functional groups attached to an aromatic ring is 1. The van der Waals surface area contributed by atoms with E-state index in [1.807, 2.05) is 46.7 Å². The Morgan fingerprint density at radius 1 is 1.15 bits per heavy atom. The maximum Gasteiger partial charge on any atom is 0.407 e. The summed E-state index contributed by atoms with van der Waals surface area (Å²) in [6.45, 7) is 3.14. The Hall–Kier alpha value is -5.53. The molecule has 41 heavy (non-hydrogen) atoms. The molecule has 5 aromatic heterocycles. The number of oxazole rings is 1. The van der Waals surface area contributed by atoms with Crippen molar-refractivity contribution in [3.8, 4) is 22.8 Å². The molecule has 0 radical (unpaired) electrons. The molecule has 0 unspecified atom stereocenters. The zero-order valence-electron chi connectivity index (χ0n) is 22.2. The Morgan fingerprint density at radius 3 is 2.73 bits per heavy atom. The Morgan fingerprint density at radius 2 is 1.98 bits per heavy atom. The topological polar surface area (TPSA) is 181 Å². The maximum atomic E-state index is 13.3. The molecule has 1 saturated heterocycles. The van der Waals surface area contributed by atoms with Gasteiger partial charge in [-0.1, -0.05) is 6.07 Å². The van der Waals surface area contributed by atoms with Crippen LogP contribution in [0.25, 0.3) is 28.5 Å². The predicted octanol–water partition coefficient (Wildman–Crippen LogP) is 2.46. The Bertz CT molecular complexity index is 1760. The number of carbonyl (C=O) groups is 2. The summed E-state index contributed by atoms with van der Waals surface area (Å²) in [5, 5.41) is 12.0. The zero-order chi connectivity index (χ0) is 28.7. The largest absolute Gasteiger partial charge is 0.465 e. The van der Waals surface area contributed by atoms with Crippen LogP contribution < -0.4 is 16.0 Å². The summed E-state index contributed by atoms with van der Waals surface area (Å²) in [6, 6.07) is 9.06. The Labute approximate surface area is 233 Å². The van der Waals surface area contributed by atoms with E-state index in [0.717, 1.165) is 11.3 Å². The third-order valence-electron chi connectivity index (χ3n) is 6.99. The molecule has 1 fully saturated rings. The molecule has 0 bridgehead atoms. The average molecular weight is 555 g/mol. The van der Waals surface area contributed by atoms with E-state index in [9.17, 15) is 9.59 Å². The quantitative estimate of drug-likeness (QED) is 0.269. The molecule has 1 aliphatic rings. The minimum absolute atomic E-state index is 0.0452. The molecule has 14 nitrogen and oxygen atoms in total. The average Bonchev–Trinajstić information content (AvgIpc) is 3.61. The Kier molecular flexibility index (Phi) is 6.41. The second-order valence-electron chi connectivity index (χ2n) is 9.66. The summed E-state index contributed by atoms with van der Waals surface area (Å²) >= 11 is 0. The molecule has 1 aliphatic heterocycles. The minimum Gasteiger partial charge on any atom is -0.465 e. The number of hydrogen-bond acceptors (Lipinski definition) is 10. The van der Waals surface area contributed by atoms with E-state index < -0.39 is 12.0 Å². The van der Waals surface area contributed by atoms with Crippen LogP contribution in [0.5, 0.6) is 0 Å². The fraction of sp³-hybridized carbons (Fsp3) is 0.222. The van der Waals surface area contributed by atoms with Crippen molar-refractivity contribution in [1.82, 2.24) is 39.5 Å². The van der Waals surface area contributed by atoms with Gasteiger partial charge in [-0.25, -0.2) is 29.7 Å². The highest BCUT2D eigenvalue weighted by Gasteiger charge is 2.33. The van der Waals surface area contributed by atoms with E-state index in [0.29, 0.717) is 41.6 Å². The highest BCUT2D eigenvalue weighted by molar-refractivity contribution is 5.97. The van der Waals surface area contributed by atoms with Gasteiger partial charge in [0.05, 0.1) is 24.5 Å². The summed E-state index contributed by atoms with van der Waals surface area (Å²) in [7, 11) is 1.55. The van der Waals surface area contributed by atoms with Crippen molar-refractivity contribution >= 4 is 29.3 Å². The van der Waals surface area contributed by atoms with Crippen molar-refractivity contribution < 1.29 is 19.1 Å². The molecule has 5 aromatic rings. The van der Waals surface area contributed by atoms with E-state index in [1.54, 1.807) is 19.3 Å². The van der Waals surface area contributed by atoms with Gasteiger partial charge in [0.2, 0.25) is 5.89 Å². The van der Waals surface area contributed by atoms with Gasteiger partial charge < -0.3 is 34.8 Å². The van der Waals surface area contributed by atoms with Gasteiger partial charge in [-0.3, -0.25) is 4.79 Å². The number of amides is 2. The van der Waals surface area contributed by atoms with Gasteiger partial charge in [0.25, 0.3) is 5.91 Å². The third-order valence-corrected chi connectivity index (χ3v) is 6.99. The lowest BCUT2D eigenvalue weighted by Crippen LogP contribution is -2.59. The lowest BCUT2D eigenvalue weighted by Gasteiger charge is -2.43. The van der Waals surface area contributed by atoms with Gasteiger partial charge in [-0.15, -0.1) is 0 Å². The molecular formula is C27H26N10O4. The van der Waals surface area contributed by atoms with Gasteiger partial charge in [0.15, 0.2) is 17.2 Å². The summed E-state index contributed by atoms with van der Waals surface area (Å²) < 4.78 is 7.39. The van der Waals surface area contributed by atoms with Gasteiger partial charge in [-0.05, 0) is 31.2 Å². The molecule has 0 aliphatic carbocycles. The molecule has 6 heterocycles. The van der Waals surface area contributed by atoms with Crippen molar-refractivity contribution in [3.05, 3.63) is 72.3 Å². The summed E-state index contributed by atoms with van der Waals surface area (Å²) in [6.07, 6.45) is 5.57. The van der Waals surface area contributed by atoms with E-state index >= 15 is 0 Å². The summed E-state index contributed by atoms with van der Waals surface area (Å²) in [5.41, 5.74) is 9.82. The zero-order valence-corrected chi connectivity index (χ0v) is 22.2. The van der Waals surface area contributed by atoms with Crippen LogP contribution in [0.1, 0.15) is 21.9 Å². The number of nitrogens with one attached hydrogen (secondary N) is 1. The van der Waals surface area contributed by atoms with Crippen molar-refractivity contribution in [2.75, 3.05) is 30.8 Å². The molecule has 0 atom stereocenters. The molecule has 2 amide bonds. The normalized spacial score (nSPS) is 13.3. The second kappa shape index (κ2) is 10.2. The molecule has 14 heteroatoms. The fourth-order valence-electron chi connectivity index (χ4n) is 4.59. The van der Waals surface area contributed by atoms with Gasteiger partial charge in [0, 0.05) is 43.8 Å². The highest BCUT2D eigenvalue weighted by atomic mass is 16.4. The number of aromatic nitrogens is 6. The van der Waals surface area contributed by atoms with Crippen molar-refractivity contribution in [2.24, 2.45) is 0 Å². The Balaban J connectivity index is 1.24. The van der Waals surface area contributed by atoms with Crippen molar-refractivity contribution in [1.29, 1.82) is 0 Å². The summed E-state index contributed by atoms with van der Waals surface area (Å²) in [4.78, 5) is 50.0. The van der Waals surface area contributed by atoms with Crippen LogP contribution in [0, 0.1) is 6.92 Å². The molecule has 4 N–H and O–H groups in total. The van der Waals surface area contributed by atoms with E-state index in [1.165, 1.54) is 17.4 Å². The second-order valence-corrected chi connectivity index (χ2v) is 9.66. The number of fused-ring (bicyclic) bond motifs is 1. The van der Waals surface area contributed by atoms with Crippen LogP contribution in [0.3, 0.4) is 0 Å².